The van der Waals surface area contributed by atoms with Crippen LogP contribution in [0.4, 0.5) is 0 Å². The number of imidazole rings is 1. The van der Waals surface area contributed by atoms with Crippen LogP contribution in [0, 0.1) is 26.7 Å². The van der Waals surface area contributed by atoms with Gasteiger partial charge >= 0.3 is 0 Å². The number of pyridine rings is 2. The molecule has 3 heterocycles. The fraction of sp³-hybridized carbons (Fsp3) is 0.296. The molecule has 1 aliphatic rings. The molecule has 0 saturated heterocycles. The van der Waals surface area contributed by atoms with Crippen LogP contribution < -0.4 is 4.74 Å². The van der Waals surface area contributed by atoms with Gasteiger partial charge < -0.3 is 9.30 Å². The fourth-order valence-electron chi connectivity index (χ4n) is 4.11. The molecule has 1 fully saturated rings. The Morgan fingerprint density at radius 2 is 1.85 bits per heavy atom. The number of nitrogens with zero attached hydrogens (tertiary/aromatic N) is 4. The van der Waals surface area contributed by atoms with E-state index in [4.69, 9.17) is 21.3 Å². The quantitative estimate of drug-likeness (QED) is 0.294. The molecule has 5 nitrogen and oxygen atoms in total. The summed E-state index contributed by atoms with van der Waals surface area (Å²) in [7, 11) is 0. The second kappa shape index (κ2) is 8.99. The van der Waals surface area contributed by atoms with Crippen LogP contribution in [0.3, 0.4) is 0 Å². The molecule has 0 spiro atoms. The number of halogens is 1. The number of ether oxygens (including phenoxy) is 1. The second-order valence-corrected chi connectivity index (χ2v) is 9.27. The number of benzene rings is 1. The third kappa shape index (κ3) is 4.79. The molecule has 4 aromatic rings. The monoisotopic (exact) mass is 458 g/mol. The zero-order valence-corrected chi connectivity index (χ0v) is 19.9. The lowest BCUT2D eigenvalue weighted by Crippen LogP contribution is -2.06. The maximum atomic E-state index is 6.02. The Hall–Kier alpha value is -3.18. The van der Waals surface area contributed by atoms with Crippen LogP contribution in [0.15, 0.2) is 54.9 Å². The summed E-state index contributed by atoms with van der Waals surface area (Å²) in [5.41, 5.74) is 7.56. The molecule has 33 heavy (non-hydrogen) atoms. The normalized spacial score (nSPS) is 13.3. The van der Waals surface area contributed by atoms with Crippen molar-refractivity contribution in [3.8, 4) is 28.4 Å². The van der Waals surface area contributed by atoms with Gasteiger partial charge in [0.05, 0.1) is 17.1 Å². The number of aromatic nitrogens is 4. The third-order valence-electron chi connectivity index (χ3n) is 6.08. The van der Waals surface area contributed by atoms with E-state index in [1.807, 2.05) is 37.4 Å². The van der Waals surface area contributed by atoms with Gasteiger partial charge in [0.15, 0.2) is 0 Å². The molecule has 0 amide bonds. The predicted molar refractivity (Wildman–Crippen MR) is 131 cm³/mol. The topological polar surface area (TPSA) is 52.8 Å². The van der Waals surface area contributed by atoms with E-state index >= 15 is 0 Å². The van der Waals surface area contributed by atoms with Crippen molar-refractivity contribution in [3.05, 3.63) is 82.5 Å². The van der Waals surface area contributed by atoms with Crippen LogP contribution in [0.1, 0.15) is 35.4 Å². The molecule has 5 rings (SSSR count). The molecule has 0 N–H and O–H groups in total. The van der Waals surface area contributed by atoms with E-state index in [1.165, 1.54) is 18.4 Å². The Labute approximate surface area is 199 Å². The highest BCUT2D eigenvalue weighted by atomic mass is 35.5. The van der Waals surface area contributed by atoms with Gasteiger partial charge in [0.1, 0.15) is 23.3 Å². The highest BCUT2D eigenvalue weighted by Gasteiger charge is 2.27. The Balaban J connectivity index is 1.46. The summed E-state index contributed by atoms with van der Waals surface area (Å²) in [6.07, 6.45) is 6.21. The van der Waals surface area contributed by atoms with E-state index in [2.05, 4.69) is 46.6 Å². The Morgan fingerprint density at radius 3 is 2.52 bits per heavy atom. The second-order valence-electron chi connectivity index (χ2n) is 8.89. The van der Waals surface area contributed by atoms with Crippen molar-refractivity contribution in [1.29, 1.82) is 0 Å². The molecule has 0 atom stereocenters. The van der Waals surface area contributed by atoms with Gasteiger partial charge in [-0.1, -0.05) is 17.7 Å². The van der Waals surface area contributed by atoms with E-state index in [1.54, 1.807) is 6.20 Å². The van der Waals surface area contributed by atoms with Gasteiger partial charge in [-0.2, -0.15) is 0 Å². The summed E-state index contributed by atoms with van der Waals surface area (Å²) in [5, 5.41) is 0.489. The van der Waals surface area contributed by atoms with Gasteiger partial charge in [0, 0.05) is 30.1 Å². The maximum absolute atomic E-state index is 6.02. The van der Waals surface area contributed by atoms with E-state index in [9.17, 15) is 0 Å². The zero-order chi connectivity index (χ0) is 22.9. The summed E-state index contributed by atoms with van der Waals surface area (Å²) < 4.78 is 8.38. The van der Waals surface area contributed by atoms with Crippen LogP contribution in [-0.2, 0) is 13.2 Å². The van der Waals surface area contributed by atoms with E-state index in [0.717, 1.165) is 51.9 Å². The average molecular weight is 459 g/mol. The first-order valence-electron chi connectivity index (χ1n) is 11.3. The lowest BCUT2D eigenvalue weighted by molar-refractivity contribution is 0.301. The molecular formula is C27H27ClN4O. The smallest absolute Gasteiger partial charge is 0.142 e. The Kier molecular flexibility index (Phi) is 5.90. The summed E-state index contributed by atoms with van der Waals surface area (Å²) in [6.45, 7) is 7.66. The van der Waals surface area contributed by atoms with Gasteiger partial charge in [-0.05, 0) is 87.1 Å². The molecular weight excluding hydrogens is 432 g/mol. The zero-order valence-electron chi connectivity index (χ0n) is 19.2. The van der Waals surface area contributed by atoms with Crippen molar-refractivity contribution in [2.75, 3.05) is 0 Å². The summed E-state index contributed by atoms with van der Waals surface area (Å²) >= 11 is 6.02. The highest BCUT2D eigenvalue weighted by molar-refractivity contribution is 6.29. The van der Waals surface area contributed by atoms with Crippen LogP contribution in [0.25, 0.3) is 22.6 Å². The van der Waals surface area contributed by atoms with Gasteiger partial charge in [-0.3, -0.25) is 4.98 Å². The summed E-state index contributed by atoms with van der Waals surface area (Å²) in [6, 6.07) is 14.1. The third-order valence-corrected chi connectivity index (χ3v) is 6.30. The highest BCUT2D eigenvalue weighted by Crippen LogP contribution is 2.38. The molecule has 3 aromatic heterocycles. The van der Waals surface area contributed by atoms with Crippen molar-refractivity contribution in [2.24, 2.45) is 5.92 Å². The van der Waals surface area contributed by atoms with Crippen molar-refractivity contribution in [1.82, 2.24) is 19.5 Å². The van der Waals surface area contributed by atoms with Crippen LogP contribution >= 0.6 is 11.6 Å². The minimum absolute atomic E-state index is 0.450. The minimum atomic E-state index is 0.450. The average Bonchev–Trinajstić information content (AvgIpc) is 3.57. The van der Waals surface area contributed by atoms with Gasteiger partial charge in [0.25, 0.3) is 0 Å². The van der Waals surface area contributed by atoms with Gasteiger partial charge in [-0.15, -0.1) is 0 Å². The summed E-state index contributed by atoms with van der Waals surface area (Å²) in [5.74, 6) is 2.50. The van der Waals surface area contributed by atoms with Crippen LogP contribution in [-0.4, -0.2) is 19.5 Å². The first-order valence-corrected chi connectivity index (χ1v) is 11.7. The summed E-state index contributed by atoms with van der Waals surface area (Å²) in [4.78, 5) is 13.7. The van der Waals surface area contributed by atoms with Gasteiger partial charge in [0.2, 0.25) is 0 Å². The van der Waals surface area contributed by atoms with Crippen LogP contribution in [0.5, 0.6) is 5.75 Å². The van der Waals surface area contributed by atoms with Crippen molar-refractivity contribution in [2.45, 2.75) is 46.8 Å². The minimum Gasteiger partial charge on any atom is -0.487 e. The Morgan fingerprint density at radius 1 is 1.00 bits per heavy atom. The molecule has 1 aliphatic carbocycles. The fourth-order valence-corrected chi connectivity index (χ4v) is 4.22. The molecule has 0 radical (unpaired) electrons. The lowest BCUT2D eigenvalue weighted by atomic mass is 10.0. The lowest BCUT2D eigenvalue weighted by Gasteiger charge is -2.15. The number of aryl methyl sites for hydroxylation is 3. The maximum Gasteiger partial charge on any atom is 0.142 e. The molecule has 6 heteroatoms. The molecule has 168 valence electrons. The van der Waals surface area contributed by atoms with E-state index in [-0.39, 0.29) is 0 Å². The van der Waals surface area contributed by atoms with Crippen molar-refractivity contribution in [3.63, 3.8) is 0 Å². The number of rotatable bonds is 7. The molecule has 0 aliphatic heterocycles. The predicted octanol–water partition coefficient (Wildman–Crippen LogP) is 6.57. The van der Waals surface area contributed by atoms with Crippen molar-refractivity contribution < 1.29 is 4.74 Å². The molecule has 1 aromatic carbocycles. The first kappa shape index (κ1) is 21.7. The van der Waals surface area contributed by atoms with E-state index in [0.29, 0.717) is 17.7 Å². The van der Waals surface area contributed by atoms with Crippen molar-refractivity contribution >= 4 is 11.6 Å². The van der Waals surface area contributed by atoms with Gasteiger partial charge in [-0.25, -0.2) is 9.97 Å². The molecule has 0 bridgehead atoms. The largest absolute Gasteiger partial charge is 0.487 e. The van der Waals surface area contributed by atoms with E-state index < -0.39 is 0 Å². The van der Waals surface area contributed by atoms with Crippen LogP contribution in [0.2, 0.25) is 5.15 Å². The number of hydrogen-bond donors (Lipinski definition) is 0. The molecule has 0 unspecified atom stereocenters. The SMILES string of the molecule is Cc1ccc(COc2ccc(-c3c(C)nc(-c4ccc(Cl)nc4)n3CC3CC3)c(C)c2)nc1. The molecule has 1 saturated carbocycles. The standard InChI is InChI=1S/C27H27ClN4O/c1-17-4-8-22(29-13-17)16-33-23-9-10-24(18(2)12-23)26-19(3)31-27(32(26)15-20-5-6-20)21-7-11-25(28)30-14-21/h4,7-14,20H,5-6,15-16H2,1-3H3. The first-order chi connectivity index (χ1) is 16.0. The number of hydrogen-bond acceptors (Lipinski definition) is 4. The Bertz CT molecular complexity index is 1270.